The van der Waals surface area contributed by atoms with Gasteiger partial charge in [0.1, 0.15) is 18.1 Å². The summed E-state index contributed by atoms with van der Waals surface area (Å²) in [5.74, 6) is 1.18. The molecule has 4 aromatic carbocycles. The Morgan fingerprint density at radius 2 is 1.49 bits per heavy atom. The molecule has 5 nitrogen and oxygen atoms in total. The molecule has 0 radical (unpaired) electrons. The van der Waals surface area contributed by atoms with Gasteiger partial charge in [-0.2, -0.15) is 0 Å². The maximum absolute atomic E-state index is 12.3. The average molecular weight is 481 g/mol. The number of hydrogen-bond donors (Lipinski definition) is 1. The molecule has 0 atom stereocenters. The van der Waals surface area contributed by atoms with E-state index in [1.54, 1.807) is 0 Å². The molecule has 6 heteroatoms. The number of carbonyl (C=O) groups excluding carboxylic acids is 1. The van der Waals surface area contributed by atoms with Crippen LogP contribution in [0.2, 0.25) is 0 Å². The largest absolute Gasteiger partial charge is 0.487 e. The number of amides is 1. The number of rotatable bonds is 9. The molecule has 1 aromatic heterocycles. The fraction of sp³-hybridized carbons (Fsp3) is 0.103. The molecule has 0 unspecified atom stereocenters. The van der Waals surface area contributed by atoms with Crippen LogP contribution in [0.5, 0.6) is 11.5 Å². The normalized spacial score (nSPS) is 10.7. The quantitative estimate of drug-likeness (QED) is 0.262. The molecule has 0 spiro atoms. The Balaban J connectivity index is 1.08. The van der Waals surface area contributed by atoms with E-state index in [0.717, 1.165) is 23.3 Å². The molecule has 1 heterocycles. The molecule has 174 valence electrons. The molecule has 0 aliphatic rings. The smallest absolute Gasteiger partial charge is 0.264 e. The average Bonchev–Trinajstić information content (AvgIpc) is 3.34. The van der Waals surface area contributed by atoms with Gasteiger partial charge in [0, 0.05) is 5.38 Å². The number of nitrogens with zero attached hydrogens (tertiary/aromatic N) is 1. The number of benzene rings is 4. The van der Waals surface area contributed by atoms with E-state index in [-0.39, 0.29) is 12.5 Å². The lowest BCUT2D eigenvalue weighted by Gasteiger charge is -2.07. The number of fused-ring (bicyclic) bond motifs is 1. The summed E-state index contributed by atoms with van der Waals surface area (Å²) in [5, 5.41) is 7.48. The lowest BCUT2D eigenvalue weighted by molar-refractivity contribution is -0.118. The number of thiazole rings is 1. The topological polar surface area (TPSA) is 60.5 Å². The third kappa shape index (κ3) is 6.25. The highest BCUT2D eigenvalue weighted by Gasteiger charge is 2.09. The Bertz CT molecular complexity index is 1420. The molecular formula is C29H24N2O3S. The lowest BCUT2D eigenvalue weighted by Crippen LogP contribution is -2.20. The third-order valence-electron chi connectivity index (χ3n) is 5.45. The predicted octanol–water partition coefficient (Wildman–Crippen LogP) is 6.48. The highest BCUT2D eigenvalue weighted by atomic mass is 32.1. The van der Waals surface area contributed by atoms with Crippen molar-refractivity contribution in [2.45, 2.75) is 13.0 Å². The molecule has 5 rings (SSSR count). The molecule has 0 saturated carbocycles. The zero-order chi connectivity index (χ0) is 23.9. The first-order valence-corrected chi connectivity index (χ1v) is 12.2. The Kier molecular flexibility index (Phi) is 7.01. The molecule has 1 N–H and O–H groups in total. The second kappa shape index (κ2) is 10.8. The number of nitrogens with one attached hydrogen (secondary N) is 1. The molecule has 0 aliphatic carbocycles. The van der Waals surface area contributed by atoms with E-state index in [1.807, 2.05) is 78.2 Å². The van der Waals surface area contributed by atoms with Gasteiger partial charge in [-0.3, -0.25) is 10.1 Å². The van der Waals surface area contributed by atoms with Crippen molar-refractivity contribution in [3.8, 4) is 11.5 Å². The highest BCUT2D eigenvalue weighted by Crippen LogP contribution is 2.23. The van der Waals surface area contributed by atoms with Crippen molar-refractivity contribution in [2.24, 2.45) is 0 Å². The van der Waals surface area contributed by atoms with Crippen LogP contribution in [0.25, 0.3) is 10.8 Å². The van der Waals surface area contributed by atoms with Crippen LogP contribution in [0.3, 0.4) is 0 Å². The van der Waals surface area contributed by atoms with Crippen LogP contribution in [0.4, 0.5) is 5.13 Å². The van der Waals surface area contributed by atoms with E-state index in [4.69, 9.17) is 9.47 Å². The van der Waals surface area contributed by atoms with Crippen molar-refractivity contribution in [3.63, 3.8) is 0 Å². The van der Waals surface area contributed by atoms with Gasteiger partial charge in [0.2, 0.25) is 0 Å². The number of aromatic nitrogens is 1. The number of anilines is 1. The van der Waals surface area contributed by atoms with Crippen LogP contribution in [0.15, 0.2) is 102 Å². The zero-order valence-electron chi connectivity index (χ0n) is 19.0. The molecule has 1 amide bonds. The summed E-state index contributed by atoms with van der Waals surface area (Å²) >= 11 is 1.36. The first kappa shape index (κ1) is 22.6. The monoisotopic (exact) mass is 480 g/mol. The Morgan fingerprint density at radius 1 is 0.771 bits per heavy atom. The highest BCUT2D eigenvalue weighted by molar-refractivity contribution is 7.13. The standard InChI is InChI=1S/C29H24N2O3S/c32-28(19-34-26-13-10-22(11-14-26)16-21-6-2-1-3-7-21)31-29-30-25(20-35-29)18-33-27-15-12-23-8-4-5-9-24(23)17-27/h1-15,17,20H,16,18-19H2,(H,30,31,32). The van der Waals surface area contributed by atoms with Crippen molar-refractivity contribution in [3.05, 3.63) is 119 Å². The van der Waals surface area contributed by atoms with Gasteiger partial charge in [-0.1, -0.05) is 72.8 Å². The summed E-state index contributed by atoms with van der Waals surface area (Å²) in [6.07, 6.45) is 0.860. The van der Waals surface area contributed by atoms with Crippen molar-refractivity contribution < 1.29 is 14.3 Å². The maximum Gasteiger partial charge on any atom is 0.264 e. The van der Waals surface area contributed by atoms with E-state index in [9.17, 15) is 4.79 Å². The summed E-state index contributed by atoms with van der Waals surface area (Å²) in [7, 11) is 0. The van der Waals surface area contributed by atoms with Crippen LogP contribution >= 0.6 is 11.3 Å². The SMILES string of the molecule is O=C(COc1ccc(Cc2ccccc2)cc1)Nc1nc(COc2ccc3ccccc3c2)cs1. The first-order valence-electron chi connectivity index (χ1n) is 11.3. The molecular weight excluding hydrogens is 456 g/mol. The van der Waals surface area contributed by atoms with Gasteiger partial charge in [0.25, 0.3) is 5.91 Å². The van der Waals surface area contributed by atoms with Gasteiger partial charge in [0.05, 0.1) is 5.69 Å². The van der Waals surface area contributed by atoms with E-state index >= 15 is 0 Å². The second-order valence-electron chi connectivity index (χ2n) is 8.08. The van der Waals surface area contributed by atoms with E-state index in [0.29, 0.717) is 17.5 Å². The van der Waals surface area contributed by atoms with E-state index in [1.165, 1.54) is 27.8 Å². The Hall–Kier alpha value is -4.16. The predicted molar refractivity (Wildman–Crippen MR) is 140 cm³/mol. The van der Waals surface area contributed by atoms with Crippen molar-refractivity contribution in [1.29, 1.82) is 0 Å². The second-order valence-corrected chi connectivity index (χ2v) is 8.94. The van der Waals surface area contributed by atoms with Crippen LogP contribution < -0.4 is 14.8 Å². The van der Waals surface area contributed by atoms with Gasteiger partial charge < -0.3 is 9.47 Å². The van der Waals surface area contributed by atoms with Crippen LogP contribution in [-0.2, 0) is 17.8 Å². The molecule has 0 fully saturated rings. The summed E-state index contributed by atoms with van der Waals surface area (Å²) in [4.78, 5) is 16.7. The van der Waals surface area contributed by atoms with E-state index in [2.05, 4.69) is 34.6 Å². The molecule has 0 aliphatic heterocycles. The van der Waals surface area contributed by atoms with E-state index < -0.39 is 0 Å². The van der Waals surface area contributed by atoms with Crippen molar-refractivity contribution in [1.82, 2.24) is 4.98 Å². The zero-order valence-corrected chi connectivity index (χ0v) is 19.8. The minimum Gasteiger partial charge on any atom is -0.487 e. The van der Waals surface area contributed by atoms with Gasteiger partial charge in [-0.25, -0.2) is 4.98 Å². The maximum atomic E-state index is 12.3. The summed E-state index contributed by atoms with van der Waals surface area (Å²) in [6, 6.07) is 32.2. The van der Waals surface area contributed by atoms with Crippen LogP contribution in [0.1, 0.15) is 16.8 Å². The van der Waals surface area contributed by atoms with Crippen molar-refractivity contribution in [2.75, 3.05) is 11.9 Å². The van der Waals surface area contributed by atoms with Crippen LogP contribution in [0, 0.1) is 0 Å². The van der Waals surface area contributed by atoms with Crippen molar-refractivity contribution >= 4 is 33.1 Å². The fourth-order valence-electron chi connectivity index (χ4n) is 3.68. The minimum atomic E-state index is -0.255. The minimum absolute atomic E-state index is 0.0828. The summed E-state index contributed by atoms with van der Waals surface area (Å²) < 4.78 is 11.5. The Morgan fingerprint density at radius 3 is 2.31 bits per heavy atom. The number of carbonyl (C=O) groups is 1. The summed E-state index contributed by atoms with van der Waals surface area (Å²) in [6.45, 7) is 0.247. The van der Waals surface area contributed by atoms with Gasteiger partial charge in [-0.15, -0.1) is 11.3 Å². The molecule has 5 aromatic rings. The number of ether oxygens (including phenoxy) is 2. The summed E-state index contributed by atoms with van der Waals surface area (Å²) in [5.41, 5.74) is 3.20. The van der Waals surface area contributed by atoms with Gasteiger partial charge in [-0.05, 0) is 52.6 Å². The lowest BCUT2D eigenvalue weighted by atomic mass is 10.1. The fourth-order valence-corrected chi connectivity index (χ4v) is 4.40. The van der Waals surface area contributed by atoms with Gasteiger partial charge >= 0.3 is 0 Å². The van der Waals surface area contributed by atoms with Gasteiger partial charge in [0.15, 0.2) is 11.7 Å². The molecule has 0 bridgehead atoms. The Labute approximate surface area is 208 Å². The molecule has 35 heavy (non-hydrogen) atoms. The molecule has 0 saturated heterocycles. The third-order valence-corrected chi connectivity index (χ3v) is 6.26. The number of hydrogen-bond acceptors (Lipinski definition) is 5. The first-order chi connectivity index (χ1) is 17.2. The van der Waals surface area contributed by atoms with Crippen LogP contribution in [-0.4, -0.2) is 17.5 Å².